The first-order valence-corrected chi connectivity index (χ1v) is 9.96. The number of hydrogen-bond acceptors (Lipinski definition) is 3. The highest BCUT2D eigenvalue weighted by Crippen LogP contribution is 2.28. The number of hydrogen-bond donors (Lipinski definition) is 2. The van der Waals surface area contributed by atoms with Gasteiger partial charge in [0.2, 0.25) is 17.7 Å². The van der Waals surface area contributed by atoms with E-state index in [1.165, 1.54) is 4.90 Å². The molecular weight excluding hydrogens is 413 g/mol. The highest BCUT2D eigenvalue weighted by Gasteiger charge is 2.26. The second-order valence-electron chi connectivity index (χ2n) is 7.01. The number of benzene rings is 2. The van der Waals surface area contributed by atoms with Gasteiger partial charge in [0.25, 0.3) is 0 Å². The van der Waals surface area contributed by atoms with Crippen molar-refractivity contribution in [2.75, 3.05) is 24.2 Å². The smallest absolute Gasteiger partial charge is 0.243 e. The number of nitrogens with one attached hydrogen (secondary N) is 2. The van der Waals surface area contributed by atoms with Crippen LogP contribution in [0, 0.1) is 5.92 Å². The molecule has 2 aromatic rings. The molecule has 0 radical (unpaired) electrons. The van der Waals surface area contributed by atoms with E-state index in [1.807, 2.05) is 24.3 Å². The number of likely N-dealkylation sites (N-methyl/N-ethyl adjacent to an activating group) is 1. The fraction of sp³-hybridized carbons (Fsp3) is 0.286. The molecule has 29 heavy (non-hydrogen) atoms. The van der Waals surface area contributed by atoms with Gasteiger partial charge in [-0.15, -0.1) is 0 Å². The van der Waals surface area contributed by atoms with Gasteiger partial charge in [0, 0.05) is 30.8 Å². The largest absolute Gasteiger partial charge is 0.336 e. The normalized spacial score (nSPS) is 15.3. The number of halogens is 2. The molecule has 1 heterocycles. The Balaban J connectivity index is 1.48. The van der Waals surface area contributed by atoms with Crippen LogP contribution in [0.4, 0.5) is 11.4 Å². The summed E-state index contributed by atoms with van der Waals surface area (Å²) in [5, 5.41) is 6.29. The van der Waals surface area contributed by atoms with Crippen molar-refractivity contribution in [3.05, 3.63) is 58.1 Å². The molecule has 0 aromatic heterocycles. The summed E-state index contributed by atoms with van der Waals surface area (Å²) in [6, 6.07) is 12.4. The Morgan fingerprint density at radius 3 is 2.69 bits per heavy atom. The predicted molar refractivity (Wildman–Crippen MR) is 114 cm³/mol. The molecule has 3 rings (SSSR count). The molecule has 0 saturated carbocycles. The predicted octanol–water partition coefficient (Wildman–Crippen LogP) is 3.98. The van der Waals surface area contributed by atoms with Crippen LogP contribution in [0.5, 0.6) is 0 Å². The zero-order valence-corrected chi connectivity index (χ0v) is 17.4. The van der Waals surface area contributed by atoms with Crippen molar-refractivity contribution in [1.82, 2.24) is 4.90 Å². The van der Waals surface area contributed by atoms with Crippen molar-refractivity contribution in [2.45, 2.75) is 19.3 Å². The Hall–Kier alpha value is -2.57. The zero-order chi connectivity index (χ0) is 21.0. The fourth-order valence-electron chi connectivity index (χ4n) is 3.21. The van der Waals surface area contributed by atoms with Crippen molar-refractivity contribution < 1.29 is 14.4 Å². The number of nitrogens with zero attached hydrogens (tertiary/aromatic N) is 1. The summed E-state index contributed by atoms with van der Waals surface area (Å²) in [6.45, 7) is -0.0984. The van der Waals surface area contributed by atoms with Crippen LogP contribution in [-0.4, -0.2) is 36.2 Å². The molecule has 1 unspecified atom stereocenters. The summed E-state index contributed by atoms with van der Waals surface area (Å²) >= 11 is 11.8. The van der Waals surface area contributed by atoms with Crippen LogP contribution in [0.2, 0.25) is 10.0 Å². The average Bonchev–Trinajstić information content (AvgIpc) is 2.68. The van der Waals surface area contributed by atoms with Crippen LogP contribution in [0.15, 0.2) is 42.5 Å². The summed E-state index contributed by atoms with van der Waals surface area (Å²) < 4.78 is 0. The van der Waals surface area contributed by atoms with Gasteiger partial charge in [-0.05, 0) is 42.7 Å². The third kappa shape index (κ3) is 5.49. The molecule has 0 spiro atoms. The first-order valence-electron chi connectivity index (χ1n) is 9.21. The first-order chi connectivity index (χ1) is 13.8. The topological polar surface area (TPSA) is 78.5 Å². The lowest BCUT2D eigenvalue weighted by Gasteiger charge is -2.25. The molecule has 0 saturated heterocycles. The van der Waals surface area contributed by atoms with Gasteiger partial charge < -0.3 is 15.5 Å². The SMILES string of the molecule is CN(CC(=O)Nc1ccc(Cl)c(Cl)c1)C(=O)CCC1Cc2ccccc2NC1=O. The maximum atomic E-state index is 12.4. The Labute approximate surface area is 179 Å². The Morgan fingerprint density at radius 2 is 1.93 bits per heavy atom. The van der Waals surface area contributed by atoms with Crippen LogP contribution in [0.1, 0.15) is 18.4 Å². The molecule has 2 aromatic carbocycles. The van der Waals surface area contributed by atoms with Crippen molar-refractivity contribution >= 4 is 52.3 Å². The van der Waals surface area contributed by atoms with Gasteiger partial charge in [0.05, 0.1) is 16.6 Å². The number of fused-ring (bicyclic) bond motifs is 1. The number of carbonyl (C=O) groups is 3. The summed E-state index contributed by atoms with van der Waals surface area (Å²) in [5.74, 6) is -0.867. The first kappa shape index (κ1) is 21.1. The third-order valence-corrected chi connectivity index (χ3v) is 5.57. The molecule has 0 bridgehead atoms. The maximum Gasteiger partial charge on any atom is 0.243 e. The molecule has 8 heteroatoms. The molecule has 152 valence electrons. The second-order valence-corrected chi connectivity index (χ2v) is 7.83. The summed E-state index contributed by atoms with van der Waals surface area (Å²) in [7, 11) is 1.56. The molecular formula is C21H21Cl2N3O3. The summed E-state index contributed by atoms with van der Waals surface area (Å²) in [4.78, 5) is 38.2. The zero-order valence-electron chi connectivity index (χ0n) is 15.9. The number of amides is 3. The maximum absolute atomic E-state index is 12.4. The standard InChI is InChI=1S/C21H21Cl2N3O3/c1-26(12-19(27)24-15-7-8-16(22)17(23)11-15)20(28)9-6-14-10-13-4-2-3-5-18(13)25-21(14)29/h2-5,7-8,11,14H,6,9-10,12H2,1H3,(H,24,27)(H,25,29). The lowest BCUT2D eigenvalue weighted by atomic mass is 9.89. The highest BCUT2D eigenvalue weighted by atomic mass is 35.5. The highest BCUT2D eigenvalue weighted by molar-refractivity contribution is 6.42. The quantitative estimate of drug-likeness (QED) is 0.722. The van der Waals surface area contributed by atoms with E-state index in [0.29, 0.717) is 28.6 Å². The van der Waals surface area contributed by atoms with Gasteiger partial charge in [0.15, 0.2) is 0 Å². The van der Waals surface area contributed by atoms with Crippen LogP contribution in [0.25, 0.3) is 0 Å². The van der Waals surface area contributed by atoms with Gasteiger partial charge in [-0.25, -0.2) is 0 Å². The molecule has 3 amide bonds. The van der Waals surface area contributed by atoms with Gasteiger partial charge >= 0.3 is 0 Å². The Kier molecular flexibility index (Phi) is 6.77. The van der Waals surface area contributed by atoms with E-state index in [1.54, 1.807) is 25.2 Å². The van der Waals surface area contributed by atoms with E-state index >= 15 is 0 Å². The van der Waals surface area contributed by atoms with Crippen molar-refractivity contribution in [3.63, 3.8) is 0 Å². The number of rotatable bonds is 6. The van der Waals surface area contributed by atoms with E-state index in [4.69, 9.17) is 23.2 Å². The monoisotopic (exact) mass is 433 g/mol. The van der Waals surface area contributed by atoms with E-state index in [0.717, 1.165) is 11.3 Å². The number of carbonyl (C=O) groups excluding carboxylic acids is 3. The van der Waals surface area contributed by atoms with Crippen molar-refractivity contribution in [3.8, 4) is 0 Å². The molecule has 1 atom stereocenters. The van der Waals surface area contributed by atoms with E-state index < -0.39 is 0 Å². The van der Waals surface area contributed by atoms with Gasteiger partial charge in [0.1, 0.15) is 0 Å². The minimum absolute atomic E-state index is 0.0727. The van der Waals surface area contributed by atoms with E-state index in [9.17, 15) is 14.4 Å². The molecule has 0 fully saturated rings. The number of para-hydroxylation sites is 1. The lowest BCUT2D eigenvalue weighted by Crippen LogP contribution is -2.36. The summed E-state index contributed by atoms with van der Waals surface area (Å²) in [5.41, 5.74) is 2.40. The van der Waals surface area contributed by atoms with Crippen LogP contribution in [-0.2, 0) is 20.8 Å². The van der Waals surface area contributed by atoms with Crippen LogP contribution < -0.4 is 10.6 Å². The van der Waals surface area contributed by atoms with E-state index in [2.05, 4.69) is 10.6 Å². The van der Waals surface area contributed by atoms with E-state index in [-0.39, 0.29) is 36.6 Å². The average molecular weight is 434 g/mol. The van der Waals surface area contributed by atoms with Crippen LogP contribution in [0.3, 0.4) is 0 Å². The molecule has 6 nitrogen and oxygen atoms in total. The minimum atomic E-state index is -0.344. The van der Waals surface area contributed by atoms with Crippen molar-refractivity contribution in [2.24, 2.45) is 5.92 Å². The Morgan fingerprint density at radius 1 is 1.17 bits per heavy atom. The summed E-state index contributed by atoms with van der Waals surface area (Å²) in [6.07, 6.45) is 1.23. The lowest BCUT2D eigenvalue weighted by molar-refractivity contribution is -0.133. The number of anilines is 2. The van der Waals surface area contributed by atoms with Crippen LogP contribution >= 0.6 is 23.2 Å². The second kappa shape index (κ2) is 9.29. The molecule has 0 aliphatic carbocycles. The Bertz CT molecular complexity index is 949. The molecule has 2 N–H and O–H groups in total. The molecule has 1 aliphatic rings. The molecule has 1 aliphatic heterocycles. The van der Waals surface area contributed by atoms with Crippen molar-refractivity contribution in [1.29, 1.82) is 0 Å². The third-order valence-electron chi connectivity index (χ3n) is 4.83. The minimum Gasteiger partial charge on any atom is -0.336 e. The fourth-order valence-corrected chi connectivity index (χ4v) is 3.51. The van der Waals surface area contributed by atoms with Gasteiger partial charge in [-0.1, -0.05) is 41.4 Å². The van der Waals surface area contributed by atoms with Gasteiger partial charge in [-0.3, -0.25) is 14.4 Å². The van der Waals surface area contributed by atoms with Gasteiger partial charge in [-0.2, -0.15) is 0 Å².